The fraction of sp³-hybridized carbons (Fsp3) is 0.684. The van der Waals surface area contributed by atoms with Crippen LogP contribution in [0.5, 0.6) is 5.75 Å². The fourth-order valence-electron chi connectivity index (χ4n) is 3.95. The van der Waals surface area contributed by atoms with Gasteiger partial charge in [-0.3, -0.25) is 4.90 Å². The van der Waals surface area contributed by atoms with Crippen molar-refractivity contribution in [2.75, 3.05) is 39.3 Å². The zero-order valence-electron chi connectivity index (χ0n) is 14.5. The molecule has 4 heteroatoms. The molecule has 2 aliphatic rings. The summed E-state index contributed by atoms with van der Waals surface area (Å²) in [6, 6.07) is 4.10. The van der Waals surface area contributed by atoms with Gasteiger partial charge in [-0.2, -0.15) is 0 Å². The van der Waals surface area contributed by atoms with E-state index in [1.807, 2.05) is 6.07 Å². The van der Waals surface area contributed by atoms with Gasteiger partial charge in [-0.25, -0.2) is 4.39 Å². The molecule has 0 amide bonds. The van der Waals surface area contributed by atoms with Gasteiger partial charge in [0.25, 0.3) is 0 Å². The predicted octanol–water partition coefficient (Wildman–Crippen LogP) is 3.63. The lowest BCUT2D eigenvalue weighted by atomic mass is 10.1. The monoisotopic (exact) mass is 320 g/mol. The number of benzene rings is 1. The molecule has 1 aromatic carbocycles. The molecule has 0 radical (unpaired) electrons. The molecular weight excluding hydrogens is 291 g/mol. The zero-order valence-corrected chi connectivity index (χ0v) is 14.5. The van der Waals surface area contributed by atoms with Crippen LogP contribution in [0.1, 0.15) is 50.3 Å². The molecule has 0 spiro atoms. The van der Waals surface area contributed by atoms with Gasteiger partial charge in [0.15, 0.2) is 11.6 Å². The second kappa shape index (κ2) is 7.63. The molecule has 0 N–H and O–H groups in total. The highest BCUT2D eigenvalue weighted by molar-refractivity contribution is 5.42. The van der Waals surface area contributed by atoms with E-state index in [0.29, 0.717) is 18.4 Å². The summed E-state index contributed by atoms with van der Waals surface area (Å²) in [4.78, 5) is 4.81. The van der Waals surface area contributed by atoms with Crippen molar-refractivity contribution in [1.29, 1.82) is 0 Å². The lowest BCUT2D eigenvalue weighted by Crippen LogP contribution is -2.28. The molecule has 128 valence electrons. The van der Waals surface area contributed by atoms with Gasteiger partial charge in [-0.1, -0.05) is 13.8 Å². The average molecular weight is 320 g/mol. The standard InChI is InChI=1S/C19H29FN2O/c1-3-21(4-2)11-12-23-19-13-15-7-8-18(16(15)14-17(19)20)22-9-5-6-10-22/h13-14,18H,3-12H2,1-2H3. The van der Waals surface area contributed by atoms with Gasteiger partial charge in [-0.05, 0) is 75.1 Å². The predicted molar refractivity (Wildman–Crippen MR) is 91.6 cm³/mol. The minimum absolute atomic E-state index is 0.200. The summed E-state index contributed by atoms with van der Waals surface area (Å²) in [5.41, 5.74) is 2.47. The summed E-state index contributed by atoms with van der Waals surface area (Å²) < 4.78 is 20.2. The topological polar surface area (TPSA) is 15.7 Å². The van der Waals surface area contributed by atoms with E-state index in [2.05, 4.69) is 23.6 Å². The summed E-state index contributed by atoms with van der Waals surface area (Å²) >= 11 is 0. The van der Waals surface area contributed by atoms with Gasteiger partial charge in [-0.15, -0.1) is 0 Å². The molecule has 0 bridgehead atoms. The van der Waals surface area contributed by atoms with Crippen LogP contribution in [0.15, 0.2) is 12.1 Å². The number of ether oxygens (including phenoxy) is 1. The Balaban J connectivity index is 1.65. The SMILES string of the molecule is CCN(CC)CCOc1cc2c(cc1F)C(N1CCCC1)CC2. The Kier molecular flexibility index (Phi) is 5.54. The van der Waals surface area contributed by atoms with Crippen molar-refractivity contribution < 1.29 is 9.13 Å². The summed E-state index contributed by atoms with van der Waals surface area (Å²) in [5.74, 6) is 0.229. The fourth-order valence-corrected chi connectivity index (χ4v) is 3.95. The van der Waals surface area contributed by atoms with Crippen LogP contribution >= 0.6 is 0 Å². The molecule has 0 saturated carbocycles. The van der Waals surface area contributed by atoms with Crippen LogP contribution in [0.2, 0.25) is 0 Å². The van der Waals surface area contributed by atoms with Crippen molar-refractivity contribution >= 4 is 0 Å². The maximum absolute atomic E-state index is 14.4. The van der Waals surface area contributed by atoms with E-state index < -0.39 is 0 Å². The van der Waals surface area contributed by atoms with E-state index in [0.717, 1.165) is 45.6 Å². The number of hydrogen-bond donors (Lipinski definition) is 0. The van der Waals surface area contributed by atoms with Gasteiger partial charge in [0.05, 0.1) is 0 Å². The summed E-state index contributed by atoms with van der Waals surface area (Å²) in [6.45, 7) is 10.00. The molecule has 1 aliphatic heterocycles. The number of likely N-dealkylation sites (tertiary alicyclic amines) is 1. The highest BCUT2D eigenvalue weighted by Gasteiger charge is 2.30. The number of aryl methyl sites for hydroxylation is 1. The van der Waals surface area contributed by atoms with E-state index >= 15 is 0 Å². The van der Waals surface area contributed by atoms with Crippen molar-refractivity contribution in [3.8, 4) is 5.75 Å². The van der Waals surface area contributed by atoms with Crippen LogP contribution in [0.25, 0.3) is 0 Å². The van der Waals surface area contributed by atoms with E-state index in [1.165, 1.54) is 24.0 Å². The third-order valence-corrected chi connectivity index (χ3v) is 5.38. The number of fused-ring (bicyclic) bond motifs is 1. The van der Waals surface area contributed by atoms with Crippen LogP contribution in [0.3, 0.4) is 0 Å². The van der Waals surface area contributed by atoms with Crippen molar-refractivity contribution in [2.24, 2.45) is 0 Å². The number of hydrogen-bond acceptors (Lipinski definition) is 3. The van der Waals surface area contributed by atoms with Gasteiger partial charge >= 0.3 is 0 Å². The second-order valence-electron chi connectivity index (χ2n) is 6.65. The molecule has 23 heavy (non-hydrogen) atoms. The lowest BCUT2D eigenvalue weighted by molar-refractivity contribution is 0.217. The minimum atomic E-state index is -0.200. The molecule has 1 fully saturated rings. The number of nitrogens with zero attached hydrogens (tertiary/aromatic N) is 2. The first-order valence-electron chi connectivity index (χ1n) is 9.14. The normalized spacial score (nSPS) is 21.1. The van der Waals surface area contributed by atoms with Crippen LogP contribution < -0.4 is 4.74 Å². The van der Waals surface area contributed by atoms with Crippen molar-refractivity contribution in [3.05, 3.63) is 29.1 Å². The van der Waals surface area contributed by atoms with Crippen LogP contribution in [0, 0.1) is 5.82 Å². The first kappa shape index (κ1) is 16.7. The Morgan fingerprint density at radius 1 is 1.22 bits per heavy atom. The maximum atomic E-state index is 14.4. The molecule has 1 saturated heterocycles. The summed E-state index contributed by atoms with van der Waals surface area (Å²) in [6.07, 6.45) is 4.72. The third kappa shape index (κ3) is 3.69. The Labute approximate surface area is 139 Å². The number of rotatable bonds is 7. The molecule has 3 rings (SSSR count). The molecule has 1 aliphatic carbocycles. The molecule has 0 aromatic heterocycles. The van der Waals surface area contributed by atoms with Gasteiger partial charge in [0.2, 0.25) is 0 Å². The summed E-state index contributed by atoms with van der Waals surface area (Å²) in [5, 5.41) is 0. The quantitative estimate of drug-likeness (QED) is 0.763. The molecular formula is C19H29FN2O. The first-order chi connectivity index (χ1) is 11.2. The highest BCUT2D eigenvalue weighted by atomic mass is 19.1. The Morgan fingerprint density at radius 3 is 2.65 bits per heavy atom. The average Bonchev–Trinajstić information content (AvgIpc) is 3.20. The van der Waals surface area contributed by atoms with Crippen LogP contribution in [0.4, 0.5) is 4.39 Å². The largest absolute Gasteiger partial charge is 0.489 e. The summed E-state index contributed by atoms with van der Waals surface area (Å²) in [7, 11) is 0. The Morgan fingerprint density at radius 2 is 1.96 bits per heavy atom. The molecule has 1 atom stereocenters. The van der Waals surface area contributed by atoms with Gasteiger partial charge in [0, 0.05) is 12.6 Å². The number of halogens is 1. The van der Waals surface area contributed by atoms with Gasteiger partial charge < -0.3 is 9.64 Å². The van der Waals surface area contributed by atoms with Crippen molar-refractivity contribution in [1.82, 2.24) is 9.80 Å². The smallest absolute Gasteiger partial charge is 0.165 e. The van der Waals surface area contributed by atoms with E-state index in [1.54, 1.807) is 6.07 Å². The molecule has 1 heterocycles. The van der Waals surface area contributed by atoms with Crippen LogP contribution in [-0.2, 0) is 6.42 Å². The minimum Gasteiger partial charge on any atom is -0.489 e. The maximum Gasteiger partial charge on any atom is 0.165 e. The lowest BCUT2D eigenvalue weighted by Gasteiger charge is -2.24. The van der Waals surface area contributed by atoms with E-state index in [-0.39, 0.29) is 5.82 Å². The molecule has 3 nitrogen and oxygen atoms in total. The zero-order chi connectivity index (χ0) is 16.2. The third-order valence-electron chi connectivity index (χ3n) is 5.38. The van der Waals surface area contributed by atoms with E-state index in [4.69, 9.17) is 4.74 Å². The molecule has 1 aromatic rings. The Hall–Kier alpha value is -1.13. The van der Waals surface area contributed by atoms with Crippen molar-refractivity contribution in [3.63, 3.8) is 0 Å². The first-order valence-corrected chi connectivity index (χ1v) is 9.14. The van der Waals surface area contributed by atoms with E-state index in [9.17, 15) is 4.39 Å². The highest BCUT2D eigenvalue weighted by Crippen LogP contribution is 2.40. The van der Waals surface area contributed by atoms with Crippen LogP contribution in [-0.4, -0.2) is 49.1 Å². The van der Waals surface area contributed by atoms with Gasteiger partial charge in [0.1, 0.15) is 6.61 Å². The second-order valence-corrected chi connectivity index (χ2v) is 6.65. The molecule has 1 unspecified atom stereocenters. The van der Waals surface area contributed by atoms with Crippen molar-refractivity contribution in [2.45, 2.75) is 45.6 Å². The number of likely N-dealkylation sites (N-methyl/N-ethyl adjacent to an activating group) is 1. The Bertz CT molecular complexity index is 524.